The fourth-order valence-corrected chi connectivity index (χ4v) is 8.23. The van der Waals surface area contributed by atoms with Crippen LogP contribution in [-0.2, 0) is 33.1 Å². The Morgan fingerprint density at radius 3 is 2.31 bits per heavy atom. The molecule has 8 aromatic rings. The summed E-state index contributed by atoms with van der Waals surface area (Å²) in [5, 5.41) is 3.70. The van der Waals surface area contributed by atoms with E-state index in [2.05, 4.69) is 136 Å². The molecule has 0 bridgehead atoms. The summed E-state index contributed by atoms with van der Waals surface area (Å²) in [6, 6.07) is 46.2. The van der Waals surface area contributed by atoms with E-state index in [-0.39, 0.29) is 20.1 Å². The number of fused-ring (bicyclic) bond motifs is 4. The zero-order chi connectivity index (χ0) is 34.8. The second-order valence-corrected chi connectivity index (χ2v) is 19.6. The summed E-state index contributed by atoms with van der Waals surface area (Å²) >= 11 is 0. The number of hydrogen-bond acceptors (Lipinski definition) is 3. The quantitative estimate of drug-likeness (QED) is 0.118. The molecule has 51 heavy (non-hydrogen) atoms. The molecule has 8 rings (SSSR count). The monoisotopic (exact) mass is 862 g/mol. The molecule has 3 aromatic heterocycles. The van der Waals surface area contributed by atoms with E-state index in [4.69, 9.17) is 14.4 Å². The molecule has 5 aromatic carbocycles. The number of pyridine rings is 1. The van der Waals surface area contributed by atoms with E-state index < -0.39 is 8.07 Å². The smallest absolute Gasteiger partial charge is 0.120 e. The molecule has 0 fully saturated rings. The van der Waals surface area contributed by atoms with Crippen molar-refractivity contribution in [2.75, 3.05) is 0 Å². The number of para-hydroxylation sites is 3. The Bertz CT molecular complexity index is 2400. The van der Waals surface area contributed by atoms with Gasteiger partial charge in [-0.15, -0.1) is 53.6 Å². The van der Waals surface area contributed by atoms with Crippen LogP contribution < -0.4 is 5.19 Å². The number of benzene rings is 5. The average molecular weight is 862 g/mol. The molecule has 6 heteroatoms. The van der Waals surface area contributed by atoms with E-state index in [0.717, 1.165) is 68.6 Å². The van der Waals surface area contributed by atoms with Gasteiger partial charge in [-0.05, 0) is 47.0 Å². The predicted octanol–water partition coefficient (Wildman–Crippen LogP) is 11.0. The maximum absolute atomic E-state index is 6.25. The second-order valence-electron chi connectivity index (χ2n) is 14.5. The molecule has 0 N–H and O–H groups in total. The van der Waals surface area contributed by atoms with Crippen molar-refractivity contribution in [3.63, 3.8) is 0 Å². The Hall–Kier alpha value is -4.61. The molecule has 0 saturated heterocycles. The van der Waals surface area contributed by atoms with Gasteiger partial charge in [-0.2, -0.15) is 0 Å². The molecule has 0 amide bonds. The van der Waals surface area contributed by atoms with Crippen LogP contribution in [0.3, 0.4) is 0 Å². The predicted molar refractivity (Wildman–Crippen MR) is 212 cm³/mol. The molecule has 4 nitrogen and oxygen atoms in total. The third-order valence-electron chi connectivity index (χ3n) is 9.07. The van der Waals surface area contributed by atoms with Gasteiger partial charge in [0.15, 0.2) is 0 Å². The van der Waals surface area contributed by atoms with Crippen LogP contribution >= 0.6 is 0 Å². The molecule has 0 aliphatic rings. The first-order valence-electron chi connectivity index (χ1n) is 17.5. The van der Waals surface area contributed by atoms with Crippen LogP contribution in [-0.4, -0.2) is 22.6 Å². The van der Waals surface area contributed by atoms with Crippen molar-refractivity contribution in [1.29, 1.82) is 0 Å². The van der Waals surface area contributed by atoms with Gasteiger partial charge in [-0.1, -0.05) is 124 Å². The number of rotatable bonds is 7. The van der Waals surface area contributed by atoms with Gasteiger partial charge in [0.05, 0.1) is 30.5 Å². The van der Waals surface area contributed by atoms with Crippen molar-refractivity contribution in [2.45, 2.75) is 53.4 Å². The average Bonchev–Trinajstić information content (AvgIpc) is 3.67. The standard InChI is InChI=1S/C26H17N2O.C19H26NSi.Ir/c1-2-9-18(10-3-1)17-28-23-15-6-5-14-22(23)27-26(28)21-13-8-12-20-19-11-4-7-16-24(19)29-25(20)21;1-14(2)11-17-12-18(16-9-7-15(3)8-10-16)20-13-19(17)21(4,5)6;/h1-12,14-16H,17H2;7-9,12-14H,11H2,1-6H3;/q2*-1;. The van der Waals surface area contributed by atoms with Crippen LogP contribution in [0.5, 0.6) is 0 Å². The Labute approximate surface area is 316 Å². The van der Waals surface area contributed by atoms with Crippen LogP contribution in [0.2, 0.25) is 19.6 Å². The van der Waals surface area contributed by atoms with E-state index in [1.807, 2.05) is 42.5 Å². The van der Waals surface area contributed by atoms with Crippen molar-refractivity contribution in [2.24, 2.45) is 5.92 Å². The summed E-state index contributed by atoms with van der Waals surface area (Å²) < 4.78 is 8.51. The second kappa shape index (κ2) is 15.3. The van der Waals surface area contributed by atoms with Crippen molar-refractivity contribution in [3.05, 3.63) is 150 Å². The Balaban J connectivity index is 0.000000182. The van der Waals surface area contributed by atoms with Crippen LogP contribution in [0, 0.1) is 25.0 Å². The van der Waals surface area contributed by atoms with E-state index in [1.165, 1.54) is 21.9 Å². The van der Waals surface area contributed by atoms with Crippen molar-refractivity contribution >= 4 is 46.2 Å². The fraction of sp³-hybridized carbons (Fsp3) is 0.200. The summed E-state index contributed by atoms with van der Waals surface area (Å²) in [6.07, 6.45) is 3.24. The fourth-order valence-electron chi connectivity index (χ4n) is 6.64. The minimum Gasteiger partial charge on any atom is -0.501 e. The molecule has 0 aliphatic heterocycles. The first-order valence-corrected chi connectivity index (χ1v) is 21.0. The van der Waals surface area contributed by atoms with Crippen molar-refractivity contribution in [1.82, 2.24) is 14.5 Å². The van der Waals surface area contributed by atoms with Crippen molar-refractivity contribution in [3.8, 4) is 22.6 Å². The van der Waals surface area contributed by atoms with Crippen LogP contribution in [0.4, 0.5) is 0 Å². The van der Waals surface area contributed by atoms with Gasteiger partial charge >= 0.3 is 0 Å². The molecule has 259 valence electrons. The molecular weight excluding hydrogens is 819 g/mol. The van der Waals surface area contributed by atoms with Gasteiger partial charge in [-0.3, -0.25) is 4.98 Å². The molecule has 1 radical (unpaired) electrons. The van der Waals surface area contributed by atoms with Gasteiger partial charge in [0.25, 0.3) is 0 Å². The minimum atomic E-state index is -1.35. The van der Waals surface area contributed by atoms with E-state index >= 15 is 0 Å². The van der Waals surface area contributed by atoms with Crippen molar-refractivity contribution < 1.29 is 24.5 Å². The summed E-state index contributed by atoms with van der Waals surface area (Å²) in [6.45, 7) is 14.6. The third kappa shape index (κ3) is 7.84. The number of aromatic nitrogens is 3. The Morgan fingerprint density at radius 2 is 1.57 bits per heavy atom. The summed E-state index contributed by atoms with van der Waals surface area (Å²) in [5.74, 6) is 1.54. The molecule has 0 unspecified atom stereocenters. The first-order chi connectivity index (χ1) is 24.2. The van der Waals surface area contributed by atoms with Gasteiger partial charge in [0, 0.05) is 38.2 Å². The number of imidazole rings is 1. The largest absolute Gasteiger partial charge is 0.501 e. The zero-order valence-electron chi connectivity index (χ0n) is 30.1. The molecule has 0 atom stereocenters. The van der Waals surface area contributed by atoms with Crippen LogP contribution in [0.15, 0.2) is 126 Å². The summed E-state index contributed by atoms with van der Waals surface area (Å²) in [4.78, 5) is 9.69. The van der Waals surface area contributed by atoms with Gasteiger partial charge in [0.1, 0.15) is 5.58 Å². The van der Waals surface area contributed by atoms with Gasteiger partial charge in [-0.25, -0.2) is 0 Å². The minimum absolute atomic E-state index is 0. The number of hydrogen-bond donors (Lipinski definition) is 0. The normalized spacial score (nSPS) is 11.5. The van der Waals surface area contributed by atoms with E-state index in [9.17, 15) is 0 Å². The van der Waals surface area contributed by atoms with E-state index in [0.29, 0.717) is 5.92 Å². The zero-order valence-corrected chi connectivity index (χ0v) is 33.5. The Morgan fingerprint density at radius 1 is 0.824 bits per heavy atom. The number of nitrogens with zero attached hydrogens (tertiary/aromatic N) is 3. The summed E-state index contributed by atoms with van der Waals surface area (Å²) in [7, 11) is -1.35. The molecule has 0 saturated carbocycles. The molecule has 0 spiro atoms. The maximum Gasteiger partial charge on any atom is 0.120 e. The van der Waals surface area contributed by atoms with E-state index in [1.54, 1.807) is 0 Å². The molecule has 0 aliphatic carbocycles. The first kappa shape index (κ1) is 36.2. The molecule has 3 heterocycles. The molecular formula is C45H43IrN3OSi-2. The Kier molecular flexibility index (Phi) is 10.9. The van der Waals surface area contributed by atoms with Gasteiger partial charge < -0.3 is 14.0 Å². The van der Waals surface area contributed by atoms with Crippen LogP contribution in [0.1, 0.15) is 30.5 Å². The van der Waals surface area contributed by atoms with Crippen LogP contribution in [0.25, 0.3) is 55.6 Å². The SMILES string of the molecule is Cc1c[c-]c(-c2cc(CC(C)C)c([Si](C)(C)C)cn2)cc1.[Ir].[c-]1ccc2c(oc3ccccc32)c1-c1nc2ccccc2n1Cc1ccccc1. The van der Waals surface area contributed by atoms with Gasteiger partial charge in [0.2, 0.25) is 0 Å². The maximum atomic E-state index is 6.25. The topological polar surface area (TPSA) is 43.9 Å². The number of furan rings is 1. The number of aryl methyl sites for hydroxylation is 1. The third-order valence-corrected chi connectivity index (χ3v) is 11.1. The summed E-state index contributed by atoms with van der Waals surface area (Å²) in [5.41, 5.74) is 10.8.